The topological polar surface area (TPSA) is 63.8 Å². The van der Waals surface area contributed by atoms with Crippen molar-refractivity contribution >= 4 is 35.1 Å². The Morgan fingerprint density at radius 3 is 2.93 bits per heavy atom. The molecule has 1 aromatic heterocycles. The second kappa shape index (κ2) is 6.02. The molecular weight excluding hydrogens is 232 g/mol. The average Bonchev–Trinajstić information content (AvgIpc) is 2.13. The Hall–Kier alpha value is -0.680. The van der Waals surface area contributed by atoms with Crippen LogP contribution in [0, 0.1) is 0 Å². The van der Waals surface area contributed by atoms with E-state index in [2.05, 4.69) is 29.1 Å². The maximum atomic E-state index is 5.76. The molecule has 0 saturated carbocycles. The number of nitrogen functional groups attached to an aromatic ring is 1. The van der Waals surface area contributed by atoms with Crippen LogP contribution in [0.1, 0.15) is 13.8 Å². The van der Waals surface area contributed by atoms with Gasteiger partial charge in [-0.15, -0.1) is 0 Å². The molecular formula is C9H15ClN4S. The van der Waals surface area contributed by atoms with Crippen LogP contribution in [0.2, 0.25) is 5.15 Å². The first kappa shape index (κ1) is 12.4. The first-order valence-electron chi connectivity index (χ1n) is 4.76. The van der Waals surface area contributed by atoms with E-state index in [0.29, 0.717) is 17.0 Å². The zero-order valence-corrected chi connectivity index (χ0v) is 10.4. The quantitative estimate of drug-likeness (QED) is 0.781. The zero-order chi connectivity index (χ0) is 11.3. The Bertz CT molecular complexity index is 301. The molecule has 1 aromatic rings. The fraction of sp³-hybridized carbons (Fsp3) is 0.556. The molecule has 1 heterocycles. The van der Waals surface area contributed by atoms with Crippen LogP contribution >= 0.6 is 23.4 Å². The summed E-state index contributed by atoms with van der Waals surface area (Å²) in [6.07, 6.45) is 0. The van der Waals surface area contributed by atoms with Crippen LogP contribution in [-0.2, 0) is 0 Å². The summed E-state index contributed by atoms with van der Waals surface area (Å²) in [5.74, 6) is 3.01. The van der Waals surface area contributed by atoms with Crippen molar-refractivity contribution in [3.63, 3.8) is 0 Å². The summed E-state index contributed by atoms with van der Waals surface area (Å²) in [6, 6.07) is 2.01. The van der Waals surface area contributed by atoms with Gasteiger partial charge in [-0.1, -0.05) is 18.5 Å². The molecule has 0 aromatic carbocycles. The number of hydrogen-bond donors (Lipinski definition) is 2. The smallest absolute Gasteiger partial charge is 0.223 e. The van der Waals surface area contributed by atoms with Gasteiger partial charge in [0.2, 0.25) is 5.95 Å². The van der Waals surface area contributed by atoms with Crippen molar-refractivity contribution in [2.45, 2.75) is 19.9 Å². The first-order chi connectivity index (χ1) is 7.11. The summed E-state index contributed by atoms with van der Waals surface area (Å²) in [4.78, 5) is 7.83. The highest BCUT2D eigenvalue weighted by Gasteiger charge is 2.04. The third-order valence-electron chi connectivity index (χ3n) is 1.68. The maximum Gasteiger partial charge on any atom is 0.223 e. The van der Waals surface area contributed by atoms with E-state index in [-0.39, 0.29) is 5.95 Å². The molecule has 6 heteroatoms. The first-order valence-corrected chi connectivity index (χ1v) is 6.29. The van der Waals surface area contributed by atoms with E-state index >= 15 is 0 Å². The third-order valence-corrected chi connectivity index (χ3v) is 3.02. The Morgan fingerprint density at radius 1 is 1.60 bits per heavy atom. The lowest BCUT2D eigenvalue weighted by Gasteiger charge is -2.13. The van der Waals surface area contributed by atoms with Gasteiger partial charge in [-0.05, 0) is 12.7 Å². The van der Waals surface area contributed by atoms with Crippen molar-refractivity contribution in [1.29, 1.82) is 0 Å². The van der Waals surface area contributed by atoms with Crippen molar-refractivity contribution in [3.8, 4) is 0 Å². The minimum atomic E-state index is 0.195. The third kappa shape index (κ3) is 4.57. The molecule has 0 fully saturated rings. The Labute approximate surface area is 99.0 Å². The van der Waals surface area contributed by atoms with Crippen LogP contribution in [0.3, 0.4) is 0 Å². The van der Waals surface area contributed by atoms with E-state index in [1.165, 1.54) is 0 Å². The van der Waals surface area contributed by atoms with Crippen LogP contribution in [-0.4, -0.2) is 27.5 Å². The van der Waals surface area contributed by atoms with Crippen LogP contribution < -0.4 is 11.1 Å². The van der Waals surface area contributed by atoms with Gasteiger partial charge in [0.05, 0.1) is 0 Å². The number of rotatable bonds is 5. The second-order valence-electron chi connectivity index (χ2n) is 3.14. The lowest BCUT2D eigenvalue weighted by atomic mass is 10.4. The van der Waals surface area contributed by atoms with Crippen molar-refractivity contribution < 1.29 is 0 Å². The second-order valence-corrected chi connectivity index (χ2v) is 4.85. The predicted molar refractivity (Wildman–Crippen MR) is 67.5 cm³/mol. The number of thioether (sulfide) groups is 1. The number of nitrogens with one attached hydrogen (secondary N) is 1. The molecule has 0 bridgehead atoms. The number of aromatic nitrogens is 2. The van der Waals surface area contributed by atoms with Gasteiger partial charge in [0, 0.05) is 17.9 Å². The standard InChI is InChI=1S/C9H15ClN4S/c1-3-15-5-6(2)12-8-4-7(10)13-9(11)14-8/h4,6H,3,5H2,1-2H3,(H3,11,12,13,14). The normalized spacial score (nSPS) is 12.5. The maximum absolute atomic E-state index is 5.76. The van der Waals surface area contributed by atoms with Crippen molar-refractivity contribution in [2.24, 2.45) is 0 Å². The number of hydrogen-bond acceptors (Lipinski definition) is 5. The van der Waals surface area contributed by atoms with E-state index in [4.69, 9.17) is 17.3 Å². The number of nitrogens with two attached hydrogens (primary N) is 1. The summed E-state index contributed by atoms with van der Waals surface area (Å²) in [7, 11) is 0. The molecule has 0 amide bonds. The highest BCUT2D eigenvalue weighted by atomic mass is 35.5. The minimum absolute atomic E-state index is 0.195. The number of halogens is 1. The zero-order valence-electron chi connectivity index (χ0n) is 8.83. The Morgan fingerprint density at radius 2 is 2.33 bits per heavy atom. The summed E-state index contributed by atoms with van der Waals surface area (Å²) >= 11 is 7.64. The van der Waals surface area contributed by atoms with Gasteiger partial charge in [0.15, 0.2) is 0 Å². The van der Waals surface area contributed by atoms with Crippen LogP contribution in [0.4, 0.5) is 11.8 Å². The fourth-order valence-corrected chi connectivity index (χ4v) is 1.96. The number of anilines is 2. The highest BCUT2D eigenvalue weighted by molar-refractivity contribution is 7.99. The minimum Gasteiger partial charge on any atom is -0.368 e. The van der Waals surface area contributed by atoms with E-state index in [1.54, 1.807) is 6.07 Å². The summed E-state index contributed by atoms with van der Waals surface area (Å²) in [5.41, 5.74) is 5.48. The van der Waals surface area contributed by atoms with E-state index in [1.807, 2.05) is 11.8 Å². The van der Waals surface area contributed by atoms with Gasteiger partial charge in [0.25, 0.3) is 0 Å². The van der Waals surface area contributed by atoms with Gasteiger partial charge < -0.3 is 11.1 Å². The van der Waals surface area contributed by atoms with Gasteiger partial charge >= 0.3 is 0 Å². The van der Waals surface area contributed by atoms with Crippen LogP contribution in [0.25, 0.3) is 0 Å². The van der Waals surface area contributed by atoms with Gasteiger partial charge in [-0.3, -0.25) is 0 Å². The Kier molecular flexibility index (Phi) is 4.98. The van der Waals surface area contributed by atoms with Gasteiger partial charge in [-0.2, -0.15) is 16.7 Å². The molecule has 1 atom stereocenters. The molecule has 3 N–H and O–H groups in total. The van der Waals surface area contributed by atoms with Crippen molar-refractivity contribution in [2.75, 3.05) is 22.6 Å². The van der Waals surface area contributed by atoms with E-state index in [9.17, 15) is 0 Å². The van der Waals surface area contributed by atoms with Crippen LogP contribution in [0.15, 0.2) is 6.07 Å². The molecule has 0 aliphatic rings. The van der Waals surface area contributed by atoms with E-state index in [0.717, 1.165) is 11.5 Å². The number of nitrogens with zero attached hydrogens (tertiary/aromatic N) is 2. The lowest BCUT2D eigenvalue weighted by molar-refractivity contribution is 0.900. The fourth-order valence-electron chi connectivity index (χ4n) is 1.10. The summed E-state index contributed by atoms with van der Waals surface area (Å²) in [5, 5.41) is 3.58. The largest absolute Gasteiger partial charge is 0.368 e. The van der Waals surface area contributed by atoms with Crippen molar-refractivity contribution in [3.05, 3.63) is 11.2 Å². The highest BCUT2D eigenvalue weighted by Crippen LogP contribution is 2.14. The average molecular weight is 247 g/mol. The van der Waals surface area contributed by atoms with Gasteiger partial charge in [-0.25, -0.2) is 4.98 Å². The molecule has 4 nitrogen and oxygen atoms in total. The molecule has 0 aliphatic carbocycles. The molecule has 0 aliphatic heterocycles. The molecule has 15 heavy (non-hydrogen) atoms. The summed E-state index contributed by atoms with van der Waals surface area (Å²) < 4.78 is 0. The predicted octanol–water partition coefficient (Wildman–Crippen LogP) is 2.27. The monoisotopic (exact) mass is 246 g/mol. The molecule has 0 radical (unpaired) electrons. The summed E-state index contributed by atoms with van der Waals surface area (Å²) in [6.45, 7) is 4.23. The molecule has 84 valence electrons. The van der Waals surface area contributed by atoms with E-state index < -0.39 is 0 Å². The van der Waals surface area contributed by atoms with Gasteiger partial charge in [0.1, 0.15) is 11.0 Å². The lowest BCUT2D eigenvalue weighted by Crippen LogP contribution is -2.19. The van der Waals surface area contributed by atoms with Crippen LogP contribution in [0.5, 0.6) is 0 Å². The molecule has 1 rings (SSSR count). The molecule has 0 saturated heterocycles. The Balaban J connectivity index is 2.56. The SMILES string of the molecule is CCSCC(C)Nc1cc(Cl)nc(N)n1. The molecule has 0 spiro atoms. The molecule has 1 unspecified atom stereocenters. The van der Waals surface area contributed by atoms with Crippen molar-refractivity contribution in [1.82, 2.24) is 9.97 Å².